The molecule has 20 heavy (non-hydrogen) atoms. The van der Waals surface area contributed by atoms with E-state index >= 15 is 0 Å². The van der Waals surface area contributed by atoms with Crippen LogP contribution >= 0.6 is 11.3 Å². The summed E-state index contributed by atoms with van der Waals surface area (Å²) < 4.78 is 2.09. The van der Waals surface area contributed by atoms with Gasteiger partial charge < -0.3 is 4.90 Å². The van der Waals surface area contributed by atoms with Gasteiger partial charge in [-0.3, -0.25) is 9.72 Å². The molecule has 2 rings (SSSR count). The van der Waals surface area contributed by atoms with Crippen molar-refractivity contribution in [2.45, 2.75) is 26.3 Å². The normalized spacial score (nSPS) is 13.0. The Morgan fingerprint density at radius 1 is 1.50 bits per heavy atom. The van der Waals surface area contributed by atoms with Gasteiger partial charge in [-0.25, -0.2) is 4.98 Å². The summed E-state index contributed by atoms with van der Waals surface area (Å²) in [6, 6.07) is 2.06. The Balaban J connectivity index is 2.15. The lowest BCUT2D eigenvalue weighted by Gasteiger charge is -2.14. The Kier molecular flexibility index (Phi) is 4.76. The van der Waals surface area contributed by atoms with E-state index in [9.17, 15) is 5.26 Å². The Hall–Kier alpha value is -1.42. The van der Waals surface area contributed by atoms with Gasteiger partial charge in [-0.05, 0) is 47.5 Å². The SMILES string of the molecule is Cc1nc2scc(C)n2c1C(C#N)NCCCN(C)C. The molecule has 0 aliphatic heterocycles. The Morgan fingerprint density at radius 3 is 2.90 bits per heavy atom. The van der Waals surface area contributed by atoms with Crippen LogP contribution in [0.15, 0.2) is 5.38 Å². The highest BCUT2D eigenvalue weighted by atomic mass is 32.1. The van der Waals surface area contributed by atoms with Crippen LogP contribution in [0.2, 0.25) is 0 Å². The molecule has 2 aromatic rings. The summed E-state index contributed by atoms with van der Waals surface area (Å²) in [6.07, 6.45) is 1.02. The smallest absolute Gasteiger partial charge is 0.194 e. The maximum absolute atomic E-state index is 9.46. The van der Waals surface area contributed by atoms with Gasteiger partial charge >= 0.3 is 0 Å². The summed E-state index contributed by atoms with van der Waals surface area (Å²) in [4.78, 5) is 7.65. The molecule has 108 valence electrons. The van der Waals surface area contributed by atoms with Crippen molar-refractivity contribution in [1.29, 1.82) is 5.26 Å². The maximum atomic E-state index is 9.46. The van der Waals surface area contributed by atoms with Crippen LogP contribution in [0.3, 0.4) is 0 Å². The third kappa shape index (κ3) is 3.01. The summed E-state index contributed by atoms with van der Waals surface area (Å²) >= 11 is 1.62. The van der Waals surface area contributed by atoms with Gasteiger partial charge in [0.05, 0.1) is 17.5 Å². The van der Waals surface area contributed by atoms with Crippen molar-refractivity contribution in [1.82, 2.24) is 19.6 Å². The van der Waals surface area contributed by atoms with Crippen molar-refractivity contribution in [3.05, 3.63) is 22.5 Å². The first-order valence-corrected chi connectivity index (χ1v) is 7.63. The number of nitrogens with one attached hydrogen (secondary N) is 1. The largest absolute Gasteiger partial charge is 0.309 e. The first-order valence-electron chi connectivity index (χ1n) is 6.75. The van der Waals surface area contributed by atoms with Crippen molar-refractivity contribution < 1.29 is 0 Å². The number of rotatable bonds is 6. The van der Waals surface area contributed by atoms with Crippen molar-refractivity contribution in [3.8, 4) is 6.07 Å². The van der Waals surface area contributed by atoms with E-state index in [1.807, 2.05) is 6.92 Å². The van der Waals surface area contributed by atoms with Crippen LogP contribution in [0.4, 0.5) is 0 Å². The summed E-state index contributed by atoms with van der Waals surface area (Å²) in [5.74, 6) is 0. The van der Waals surface area contributed by atoms with Crippen LogP contribution in [-0.2, 0) is 0 Å². The lowest BCUT2D eigenvalue weighted by Crippen LogP contribution is -2.26. The summed E-state index contributed by atoms with van der Waals surface area (Å²) in [5.41, 5.74) is 3.05. The number of hydrogen-bond acceptors (Lipinski definition) is 5. The van der Waals surface area contributed by atoms with Gasteiger partial charge in [0.2, 0.25) is 0 Å². The quantitative estimate of drug-likeness (QED) is 0.828. The Labute approximate surface area is 123 Å². The van der Waals surface area contributed by atoms with E-state index in [0.717, 1.165) is 41.6 Å². The number of thiazole rings is 1. The fourth-order valence-corrected chi connectivity index (χ4v) is 3.23. The molecule has 0 amide bonds. The third-order valence-electron chi connectivity index (χ3n) is 3.29. The molecule has 2 heterocycles. The molecule has 2 aromatic heterocycles. The van der Waals surface area contributed by atoms with Crippen LogP contribution < -0.4 is 5.32 Å². The van der Waals surface area contributed by atoms with Gasteiger partial charge in [0.15, 0.2) is 4.96 Å². The van der Waals surface area contributed by atoms with Crippen molar-refractivity contribution in [3.63, 3.8) is 0 Å². The highest BCUT2D eigenvalue weighted by molar-refractivity contribution is 7.15. The number of aromatic nitrogens is 2. The molecule has 0 aliphatic rings. The molecular weight excluding hydrogens is 270 g/mol. The van der Waals surface area contributed by atoms with Crippen LogP contribution in [0, 0.1) is 25.2 Å². The maximum Gasteiger partial charge on any atom is 0.194 e. The second-order valence-corrected chi connectivity index (χ2v) is 6.09. The Morgan fingerprint density at radius 2 is 2.25 bits per heavy atom. The first kappa shape index (κ1) is 15.0. The zero-order valence-corrected chi connectivity index (χ0v) is 13.3. The molecule has 0 aliphatic carbocycles. The predicted molar refractivity (Wildman–Crippen MR) is 82.1 cm³/mol. The minimum absolute atomic E-state index is 0.305. The average molecular weight is 291 g/mol. The monoisotopic (exact) mass is 291 g/mol. The Bertz CT molecular complexity index is 619. The molecule has 0 spiro atoms. The summed E-state index contributed by atoms with van der Waals surface area (Å²) in [7, 11) is 4.11. The van der Waals surface area contributed by atoms with Gasteiger partial charge in [0.1, 0.15) is 6.04 Å². The van der Waals surface area contributed by atoms with Gasteiger partial charge in [-0.15, -0.1) is 11.3 Å². The molecule has 0 radical (unpaired) electrons. The van der Waals surface area contributed by atoms with Crippen molar-refractivity contribution >= 4 is 16.3 Å². The molecule has 0 saturated carbocycles. The van der Waals surface area contributed by atoms with Crippen LogP contribution in [0.25, 0.3) is 4.96 Å². The first-order chi connectivity index (χ1) is 9.54. The second-order valence-electron chi connectivity index (χ2n) is 5.25. The molecule has 0 saturated heterocycles. The van der Waals surface area contributed by atoms with Gasteiger partial charge in [-0.2, -0.15) is 5.26 Å². The molecule has 1 unspecified atom stereocenters. The third-order valence-corrected chi connectivity index (χ3v) is 4.23. The topological polar surface area (TPSA) is 56.4 Å². The van der Waals surface area contributed by atoms with Crippen molar-refractivity contribution in [2.75, 3.05) is 27.2 Å². The molecule has 5 nitrogen and oxygen atoms in total. The van der Waals surface area contributed by atoms with Crippen molar-refractivity contribution in [2.24, 2.45) is 0 Å². The fraction of sp³-hybridized carbons (Fsp3) is 0.571. The van der Waals surface area contributed by atoms with Gasteiger partial charge in [0.25, 0.3) is 0 Å². The standard InChI is InChI=1S/C14H21N5S/c1-10-9-20-14-17-11(2)13(19(10)14)12(8-15)16-6-5-7-18(3)4/h9,12,16H,5-7H2,1-4H3. The van der Waals surface area contributed by atoms with E-state index in [2.05, 4.69) is 52.1 Å². The van der Waals surface area contributed by atoms with Gasteiger partial charge in [0, 0.05) is 11.1 Å². The number of aryl methyl sites for hydroxylation is 2. The van der Waals surface area contributed by atoms with E-state index in [1.54, 1.807) is 11.3 Å². The number of nitrogens with zero attached hydrogens (tertiary/aromatic N) is 4. The number of nitriles is 1. The van der Waals surface area contributed by atoms with E-state index in [1.165, 1.54) is 0 Å². The summed E-state index contributed by atoms with van der Waals surface area (Å²) in [5, 5.41) is 14.9. The highest BCUT2D eigenvalue weighted by Crippen LogP contribution is 2.24. The molecule has 0 bridgehead atoms. The molecular formula is C14H21N5S. The van der Waals surface area contributed by atoms with Crippen LogP contribution in [0.5, 0.6) is 0 Å². The number of imidazole rings is 1. The molecule has 1 N–H and O–H groups in total. The van der Waals surface area contributed by atoms with E-state index in [0.29, 0.717) is 0 Å². The van der Waals surface area contributed by atoms with E-state index in [4.69, 9.17) is 0 Å². The second kappa shape index (κ2) is 6.35. The zero-order valence-electron chi connectivity index (χ0n) is 12.5. The zero-order chi connectivity index (χ0) is 14.7. The lowest BCUT2D eigenvalue weighted by atomic mass is 10.2. The lowest BCUT2D eigenvalue weighted by molar-refractivity contribution is 0.391. The summed E-state index contributed by atoms with van der Waals surface area (Å²) in [6.45, 7) is 5.87. The van der Waals surface area contributed by atoms with Crippen LogP contribution in [-0.4, -0.2) is 41.5 Å². The molecule has 0 fully saturated rings. The molecule has 6 heteroatoms. The molecule has 0 aromatic carbocycles. The van der Waals surface area contributed by atoms with E-state index in [-0.39, 0.29) is 6.04 Å². The number of fused-ring (bicyclic) bond motifs is 1. The fourth-order valence-electron chi connectivity index (χ4n) is 2.31. The highest BCUT2D eigenvalue weighted by Gasteiger charge is 2.20. The predicted octanol–water partition coefficient (Wildman–Crippen LogP) is 2.12. The molecule has 1 atom stereocenters. The minimum atomic E-state index is -0.305. The van der Waals surface area contributed by atoms with Gasteiger partial charge in [-0.1, -0.05) is 0 Å². The average Bonchev–Trinajstić information content (AvgIpc) is 2.90. The van der Waals surface area contributed by atoms with E-state index < -0.39 is 0 Å². The van der Waals surface area contributed by atoms with Crippen LogP contribution in [0.1, 0.15) is 29.5 Å². The number of hydrogen-bond donors (Lipinski definition) is 1. The minimum Gasteiger partial charge on any atom is -0.309 e.